The zero-order valence-corrected chi connectivity index (χ0v) is 11.6. The van der Waals surface area contributed by atoms with Crippen LogP contribution in [0.25, 0.3) is 26.6 Å². The Labute approximate surface area is 121 Å². The number of ether oxygens (including phenoxy) is 1. The number of furan rings is 1. The summed E-state index contributed by atoms with van der Waals surface area (Å²) in [5.41, 5.74) is 2.14. The predicted octanol–water partition coefficient (Wildman–Crippen LogP) is 4.24. The van der Waals surface area contributed by atoms with Crippen molar-refractivity contribution in [2.75, 3.05) is 6.61 Å². The number of esters is 1. The first-order chi connectivity index (χ1) is 10.2. The molecular weight excluding hydrogens is 266 g/mol. The van der Waals surface area contributed by atoms with Gasteiger partial charge >= 0.3 is 5.97 Å². The van der Waals surface area contributed by atoms with Gasteiger partial charge in [0, 0.05) is 10.9 Å². The van der Waals surface area contributed by atoms with Crippen LogP contribution in [-0.4, -0.2) is 12.6 Å². The molecule has 104 valence electrons. The maximum atomic E-state index is 11.7. The first-order valence-electron chi connectivity index (χ1n) is 6.69. The lowest BCUT2D eigenvalue weighted by atomic mass is 10.0. The van der Waals surface area contributed by atoms with E-state index in [9.17, 15) is 4.79 Å². The predicted molar refractivity (Wildman–Crippen MR) is 80.3 cm³/mol. The van der Waals surface area contributed by atoms with E-state index < -0.39 is 0 Å². The topological polar surface area (TPSA) is 43.8 Å². The second-order valence-corrected chi connectivity index (χ2v) is 4.70. The first-order valence-corrected chi connectivity index (χ1v) is 6.69. The first kappa shape index (κ1) is 13.2. The lowest BCUT2D eigenvalue weighted by Crippen LogP contribution is -2.06. The van der Waals surface area contributed by atoms with Gasteiger partial charge in [-0.05, 0) is 29.8 Å². The third-order valence-electron chi connectivity index (χ3n) is 3.38. The van der Waals surface area contributed by atoms with Crippen LogP contribution in [0.3, 0.4) is 0 Å². The summed E-state index contributed by atoms with van der Waals surface area (Å²) in [6.45, 7) is 9.23. The minimum Gasteiger partial charge on any atom is -0.466 e. The van der Waals surface area contributed by atoms with Crippen molar-refractivity contribution < 1.29 is 13.9 Å². The molecule has 0 aliphatic heterocycles. The van der Waals surface area contributed by atoms with Gasteiger partial charge in [0.15, 0.2) is 5.69 Å². The summed E-state index contributed by atoms with van der Waals surface area (Å²) in [6, 6.07) is 9.29. The van der Waals surface area contributed by atoms with Crippen LogP contribution in [0.15, 0.2) is 41.0 Å². The van der Waals surface area contributed by atoms with Crippen molar-refractivity contribution in [1.29, 1.82) is 0 Å². The quantitative estimate of drug-likeness (QED) is 0.532. The van der Waals surface area contributed by atoms with Crippen LogP contribution in [0.4, 0.5) is 5.69 Å². The largest absolute Gasteiger partial charge is 0.466 e. The van der Waals surface area contributed by atoms with Crippen molar-refractivity contribution in [1.82, 2.24) is 0 Å². The van der Waals surface area contributed by atoms with E-state index >= 15 is 0 Å². The molecule has 21 heavy (non-hydrogen) atoms. The van der Waals surface area contributed by atoms with Crippen LogP contribution in [-0.2, 0) is 16.0 Å². The van der Waals surface area contributed by atoms with Gasteiger partial charge in [0.05, 0.1) is 25.9 Å². The van der Waals surface area contributed by atoms with E-state index in [0.717, 1.165) is 27.3 Å². The molecule has 2 aromatic carbocycles. The van der Waals surface area contributed by atoms with Crippen LogP contribution in [0.2, 0.25) is 0 Å². The van der Waals surface area contributed by atoms with E-state index in [1.165, 1.54) is 0 Å². The molecule has 0 radical (unpaired) electrons. The van der Waals surface area contributed by atoms with Gasteiger partial charge in [-0.25, -0.2) is 4.85 Å². The van der Waals surface area contributed by atoms with Crippen molar-refractivity contribution in [2.45, 2.75) is 13.3 Å². The Balaban J connectivity index is 2.16. The third-order valence-corrected chi connectivity index (χ3v) is 3.38. The van der Waals surface area contributed by atoms with Crippen molar-refractivity contribution in [2.24, 2.45) is 0 Å². The molecule has 0 saturated heterocycles. The molecule has 0 saturated carbocycles. The molecule has 0 amide bonds. The van der Waals surface area contributed by atoms with Crippen LogP contribution < -0.4 is 0 Å². The number of hydrogen-bond donors (Lipinski definition) is 0. The van der Waals surface area contributed by atoms with Crippen LogP contribution in [0.1, 0.15) is 12.5 Å². The summed E-state index contributed by atoms with van der Waals surface area (Å²) in [7, 11) is 0. The lowest BCUT2D eigenvalue weighted by Gasteiger charge is -2.03. The van der Waals surface area contributed by atoms with E-state index in [-0.39, 0.29) is 12.4 Å². The summed E-state index contributed by atoms with van der Waals surface area (Å²) < 4.78 is 10.5. The summed E-state index contributed by atoms with van der Waals surface area (Å²) in [6.07, 6.45) is 1.79. The Hall–Kier alpha value is -2.80. The maximum Gasteiger partial charge on any atom is 0.310 e. The molecule has 1 heterocycles. The van der Waals surface area contributed by atoms with E-state index in [2.05, 4.69) is 4.85 Å². The second kappa shape index (κ2) is 5.29. The van der Waals surface area contributed by atoms with E-state index in [0.29, 0.717) is 12.3 Å². The van der Waals surface area contributed by atoms with Crippen molar-refractivity contribution >= 4 is 33.4 Å². The molecule has 3 rings (SSSR count). The highest BCUT2D eigenvalue weighted by Crippen LogP contribution is 2.32. The monoisotopic (exact) mass is 279 g/mol. The fraction of sp³-hybridized carbons (Fsp3) is 0.176. The number of carbonyl (C=O) groups excluding carboxylic acids is 1. The number of carbonyl (C=O) groups is 1. The van der Waals surface area contributed by atoms with E-state index in [1.807, 2.05) is 24.3 Å². The molecule has 0 spiro atoms. The van der Waals surface area contributed by atoms with Crippen LogP contribution >= 0.6 is 0 Å². The van der Waals surface area contributed by atoms with Gasteiger partial charge in [0.2, 0.25) is 0 Å². The van der Waals surface area contributed by atoms with E-state index in [1.54, 1.807) is 19.3 Å². The highest BCUT2D eigenvalue weighted by molar-refractivity contribution is 6.09. The molecule has 3 aromatic rings. The van der Waals surface area contributed by atoms with Crippen LogP contribution in [0, 0.1) is 6.57 Å². The molecule has 0 bridgehead atoms. The van der Waals surface area contributed by atoms with Gasteiger partial charge in [0.1, 0.15) is 5.58 Å². The van der Waals surface area contributed by atoms with Crippen molar-refractivity contribution in [3.05, 3.63) is 53.6 Å². The molecule has 4 heteroatoms. The minimum atomic E-state index is -0.269. The zero-order chi connectivity index (χ0) is 14.8. The Morgan fingerprint density at radius 3 is 2.95 bits per heavy atom. The number of hydrogen-bond acceptors (Lipinski definition) is 3. The maximum absolute atomic E-state index is 11.7. The fourth-order valence-corrected chi connectivity index (χ4v) is 2.49. The van der Waals surface area contributed by atoms with Crippen molar-refractivity contribution in [3.63, 3.8) is 0 Å². The SMILES string of the molecule is [C-]#[N+]c1ccc2c(ccc3occ(CC(=O)OCC)c32)c1. The second-order valence-electron chi connectivity index (χ2n) is 4.70. The molecule has 0 aliphatic rings. The molecule has 4 nitrogen and oxygen atoms in total. The number of rotatable bonds is 3. The van der Waals surface area contributed by atoms with Crippen LogP contribution in [0.5, 0.6) is 0 Å². The van der Waals surface area contributed by atoms with Gasteiger partial charge in [-0.1, -0.05) is 18.2 Å². The minimum absolute atomic E-state index is 0.185. The number of fused-ring (bicyclic) bond motifs is 3. The highest BCUT2D eigenvalue weighted by atomic mass is 16.5. The molecule has 0 atom stereocenters. The average molecular weight is 279 g/mol. The third kappa shape index (κ3) is 2.34. The highest BCUT2D eigenvalue weighted by Gasteiger charge is 2.13. The van der Waals surface area contributed by atoms with Gasteiger partial charge in [0.25, 0.3) is 0 Å². The normalized spacial score (nSPS) is 10.7. The molecule has 0 fully saturated rings. The molecule has 0 aliphatic carbocycles. The van der Waals surface area contributed by atoms with Crippen molar-refractivity contribution in [3.8, 4) is 0 Å². The smallest absolute Gasteiger partial charge is 0.310 e. The summed E-state index contributed by atoms with van der Waals surface area (Å²) in [5, 5.41) is 2.85. The summed E-state index contributed by atoms with van der Waals surface area (Å²) >= 11 is 0. The zero-order valence-electron chi connectivity index (χ0n) is 11.6. The molecular formula is C17H13NO3. The van der Waals surface area contributed by atoms with Gasteiger partial charge in [-0.2, -0.15) is 0 Å². The Bertz CT molecular complexity index is 871. The Kier molecular flexibility index (Phi) is 3.33. The van der Waals surface area contributed by atoms with Gasteiger partial charge in [-0.3, -0.25) is 4.79 Å². The van der Waals surface area contributed by atoms with Gasteiger partial charge < -0.3 is 9.15 Å². The molecule has 1 aromatic heterocycles. The Morgan fingerprint density at radius 1 is 1.33 bits per heavy atom. The fourth-order valence-electron chi connectivity index (χ4n) is 2.49. The lowest BCUT2D eigenvalue weighted by molar-refractivity contribution is -0.142. The molecule has 0 N–H and O–H groups in total. The Morgan fingerprint density at radius 2 is 2.19 bits per heavy atom. The number of benzene rings is 2. The molecule has 0 unspecified atom stereocenters. The van der Waals surface area contributed by atoms with E-state index in [4.69, 9.17) is 15.7 Å². The summed E-state index contributed by atoms with van der Waals surface area (Å²) in [5.74, 6) is -0.269. The number of nitrogens with zero attached hydrogens (tertiary/aromatic N) is 1. The van der Waals surface area contributed by atoms with Gasteiger partial charge in [-0.15, -0.1) is 0 Å². The average Bonchev–Trinajstić information content (AvgIpc) is 2.90. The summed E-state index contributed by atoms with van der Waals surface area (Å²) in [4.78, 5) is 15.1. The standard InChI is InChI=1S/C17H13NO3/c1-3-20-16(19)9-12-10-21-15-7-4-11-8-13(18-2)5-6-14(11)17(12)15/h4-8,10H,3,9H2,1H3.